The van der Waals surface area contributed by atoms with E-state index in [0.29, 0.717) is 0 Å². The molecule has 0 aliphatic carbocycles. The van der Waals surface area contributed by atoms with Crippen LogP contribution in [-0.4, -0.2) is 31.7 Å². The molecule has 0 bridgehead atoms. The summed E-state index contributed by atoms with van der Waals surface area (Å²) in [6.45, 7) is 4.91. The average molecular weight is 301 g/mol. The Morgan fingerprint density at radius 3 is 2.71 bits per heavy atom. The molecule has 3 rings (SSSR count). The Kier molecular flexibility index (Phi) is 3.73. The van der Waals surface area contributed by atoms with Crippen LogP contribution in [0.1, 0.15) is 29.6 Å². The molecule has 0 radical (unpaired) electrons. The molecule has 0 N–H and O–H groups in total. The predicted octanol–water partition coefficient (Wildman–Crippen LogP) is 2.93. The fraction of sp³-hybridized carbons (Fsp3) is 0.400. The van der Waals surface area contributed by atoms with Gasteiger partial charge in [-0.25, -0.2) is 4.98 Å². The summed E-state index contributed by atoms with van der Waals surface area (Å²) in [5, 5.41) is 9.47. The van der Waals surface area contributed by atoms with Crippen LogP contribution >= 0.6 is 11.3 Å². The van der Waals surface area contributed by atoms with Crippen molar-refractivity contribution in [1.82, 2.24) is 24.6 Å². The standard InChI is InChI=1S/C15H19N5S/c1-10(15-16-12-7-5-6-8-13(12)21-15)19(3)9-14-18-17-11(2)20(14)4/h5-8,10H,9H2,1-4H3. The minimum Gasteiger partial charge on any atom is -0.317 e. The zero-order valence-electron chi connectivity index (χ0n) is 12.7. The van der Waals surface area contributed by atoms with Crippen LogP contribution in [0.25, 0.3) is 10.2 Å². The molecule has 5 nitrogen and oxygen atoms in total. The number of benzene rings is 1. The van der Waals surface area contributed by atoms with Crippen molar-refractivity contribution in [2.75, 3.05) is 7.05 Å². The van der Waals surface area contributed by atoms with Crippen LogP contribution in [0.4, 0.5) is 0 Å². The Hall–Kier alpha value is -1.79. The molecule has 0 fully saturated rings. The number of fused-ring (bicyclic) bond motifs is 1. The van der Waals surface area contributed by atoms with E-state index >= 15 is 0 Å². The minimum atomic E-state index is 0.249. The smallest absolute Gasteiger partial charge is 0.146 e. The molecule has 0 saturated carbocycles. The van der Waals surface area contributed by atoms with Crippen molar-refractivity contribution in [3.05, 3.63) is 40.9 Å². The number of thiazole rings is 1. The molecular formula is C15H19N5S. The molecule has 110 valence electrons. The fourth-order valence-electron chi connectivity index (χ4n) is 2.21. The lowest BCUT2D eigenvalue weighted by molar-refractivity contribution is 0.244. The van der Waals surface area contributed by atoms with Crippen molar-refractivity contribution < 1.29 is 0 Å². The third-order valence-electron chi connectivity index (χ3n) is 3.90. The van der Waals surface area contributed by atoms with Crippen LogP contribution in [0.3, 0.4) is 0 Å². The van der Waals surface area contributed by atoms with Crippen molar-refractivity contribution in [1.29, 1.82) is 0 Å². The summed E-state index contributed by atoms with van der Waals surface area (Å²) in [4.78, 5) is 6.99. The van der Waals surface area contributed by atoms with Gasteiger partial charge < -0.3 is 4.57 Å². The Morgan fingerprint density at radius 2 is 2.05 bits per heavy atom. The summed E-state index contributed by atoms with van der Waals surface area (Å²) in [6, 6.07) is 8.52. The molecule has 3 aromatic rings. The van der Waals surface area contributed by atoms with Gasteiger partial charge in [-0.1, -0.05) is 12.1 Å². The lowest BCUT2D eigenvalue weighted by Crippen LogP contribution is -2.23. The van der Waals surface area contributed by atoms with Crippen LogP contribution in [0.15, 0.2) is 24.3 Å². The van der Waals surface area contributed by atoms with Gasteiger partial charge >= 0.3 is 0 Å². The number of hydrogen-bond donors (Lipinski definition) is 0. The maximum absolute atomic E-state index is 4.74. The van der Waals surface area contributed by atoms with E-state index in [1.807, 2.05) is 24.6 Å². The van der Waals surface area contributed by atoms with Crippen molar-refractivity contribution in [3.63, 3.8) is 0 Å². The summed E-state index contributed by atoms with van der Waals surface area (Å²) >= 11 is 1.76. The molecule has 6 heteroatoms. The molecule has 0 saturated heterocycles. The van der Waals surface area contributed by atoms with Gasteiger partial charge in [-0.2, -0.15) is 0 Å². The van der Waals surface area contributed by atoms with Crippen LogP contribution < -0.4 is 0 Å². The topological polar surface area (TPSA) is 46.8 Å². The quantitative estimate of drug-likeness (QED) is 0.743. The molecule has 1 aromatic carbocycles. The largest absolute Gasteiger partial charge is 0.317 e. The molecule has 0 aliphatic rings. The highest BCUT2D eigenvalue weighted by atomic mass is 32.1. The second-order valence-corrected chi connectivity index (χ2v) is 6.40. The first-order valence-electron chi connectivity index (χ1n) is 6.97. The first-order valence-corrected chi connectivity index (χ1v) is 7.78. The second kappa shape index (κ2) is 5.54. The molecule has 0 amide bonds. The third-order valence-corrected chi connectivity index (χ3v) is 5.11. The molecule has 1 unspecified atom stereocenters. The zero-order valence-corrected chi connectivity index (χ0v) is 13.6. The molecule has 21 heavy (non-hydrogen) atoms. The summed E-state index contributed by atoms with van der Waals surface area (Å²) in [7, 11) is 4.10. The van der Waals surface area contributed by atoms with Crippen molar-refractivity contribution >= 4 is 21.6 Å². The molecule has 0 spiro atoms. The van der Waals surface area contributed by atoms with Gasteiger partial charge in [0, 0.05) is 7.05 Å². The van der Waals surface area contributed by atoms with Crippen molar-refractivity contribution in [2.45, 2.75) is 26.4 Å². The van der Waals surface area contributed by atoms with Gasteiger partial charge in [-0.3, -0.25) is 4.90 Å². The number of aryl methyl sites for hydroxylation is 1. The lowest BCUT2D eigenvalue weighted by atomic mass is 10.3. The van der Waals surface area contributed by atoms with E-state index < -0.39 is 0 Å². The second-order valence-electron chi connectivity index (χ2n) is 5.33. The van der Waals surface area contributed by atoms with E-state index in [1.54, 1.807) is 11.3 Å². The summed E-state index contributed by atoms with van der Waals surface area (Å²) in [6.07, 6.45) is 0. The van der Waals surface area contributed by atoms with E-state index in [2.05, 4.69) is 47.3 Å². The molecule has 2 heterocycles. The van der Waals surface area contributed by atoms with E-state index in [1.165, 1.54) is 4.70 Å². The van der Waals surface area contributed by atoms with Gasteiger partial charge in [0.2, 0.25) is 0 Å². The van der Waals surface area contributed by atoms with Gasteiger partial charge in [-0.15, -0.1) is 21.5 Å². The molecule has 0 aliphatic heterocycles. The van der Waals surface area contributed by atoms with Gasteiger partial charge in [0.25, 0.3) is 0 Å². The SMILES string of the molecule is Cc1nnc(CN(C)C(C)c2nc3ccccc3s2)n1C. The van der Waals surface area contributed by atoms with Crippen LogP contribution in [0.2, 0.25) is 0 Å². The fourth-order valence-corrected chi connectivity index (χ4v) is 3.29. The summed E-state index contributed by atoms with van der Waals surface area (Å²) < 4.78 is 3.27. The van der Waals surface area contributed by atoms with Gasteiger partial charge in [0.1, 0.15) is 16.7 Å². The molecular weight excluding hydrogens is 282 g/mol. The molecule has 1 atom stereocenters. The Labute approximate surface area is 128 Å². The summed E-state index contributed by atoms with van der Waals surface area (Å²) in [5.41, 5.74) is 1.08. The number of rotatable bonds is 4. The monoisotopic (exact) mass is 301 g/mol. The van der Waals surface area contributed by atoms with Crippen molar-refractivity contribution in [2.24, 2.45) is 7.05 Å². The van der Waals surface area contributed by atoms with Crippen molar-refractivity contribution in [3.8, 4) is 0 Å². The van der Waals surface area contributed by atoms with E-state index in [9.17, 15) is 0 Å². The van der Waals surface area contributed by atoms with Gasteiger partial charge in [-0.05, 0) is 33.0 Å². The minimum absolute atomic E-state index is 0.249. The van der Waals surface area contributed by atoms with Crippen LogP contribution in [-0.2, 0) is 13.6 Å². The Bertz CT molecular complexity index is 727. The number of hydrogen-bond acceptors (Lipinski definition) is 5. The highest BCUT2D eigenvalue weighted by molar-refractivity contribution is 7.18. The Morgan fingerprint density at radius 1 is 1.29 bits per heavy atom. The highest BCUT2D eigenvalue weighted by Gasteiger charge is 2.18. The third kappa shape index (κ3) is 2.69. The number of para-hydroxylation sites is 1. The first-order chi connectivity index (χ1) is 10.1. The van der Waals surface area contributed by atoms with Gasteiger partial charge in [0.05, 0.1) is 22.8 Å². The molecule has 2 aromatic heterocycles. The van der Waals surface area contributed by atoms with Gasteiger partial charge in [0.15, 0.2) is 0 Å². The lowest BCUT2D eigenvalue weighted by Gasteiger charge is -2.22. The number of aromatic nitrogens is 4. The van der Waals surface area contributed by atoms with Crippen LogP contribution in [0, 0.1) is 6.92 Å². The predicted molar refractivity (Wildman–Crippen MR) is 85.2 cm³/mol. The van der Waals surface area contributed by atoms with Crippen LogP contribution in [0.5, 0.6) is 0 Å². The Balaban J connectivity index is 1.80. The zero-order chi connectivity index (χ0) is 15.0. The normalized spacial score (nSPS) is 13.2. The highest BCUT2D eigenvalue weighted by Crippen LogP contribution is 2.29. The summed E-state index contributed by atoms with van der Waals surface area (Å²) in [5.74, 6) is 1.91. The van der Waals surface area contributed by atoms with E-state index in [0.717, 1.165) is 28.7 Å². The first kappa shape index (κ1) is 14.2. The maximum Gasteiger partial charge on any atom is 0.146 e. The average Bonchev–Trinajstić information content (AvgIpc) is 3.04. The van der Waals surface area contributed by atoms with E-state index in [-0.39, 0.29) is 6.04 Å². The van der Waals surface area contributed by atoms with E-state index in [4.69, 9.17) is 4.98 Å². The number of nitrogens with zero attached hydrogens (tertiary/aromatic N) is 5. The maximum atomic E-state index is 4.74.